The largest absolute Gasteiger partial charge is 0.357 e. The molecular weight excluding hydrogens is 326 g/mol. The number of fused-ring (bicyclic) bond motifs is 1. The first-order chi connectivity index (χ1) is 11.7. The van der Waals surface area contributed by atoms with Crippen LogP contribution in [0.4, 0.5) is 0 Å². The molecule has 25 heavy (non-hydrogen) atoms. The lowest BCUT2D eigenvalue weighted by Crippen LogP contribution is -2.54. The number of hydrogen-bond acceptors (Lipinski definition) is 5. The third-order valence-corrected chi connectivity index (χ3v) is 3.76. The minimum absolute atomic E-state index is 0.228. The van der Waals surface area contributed by atoms with Crippen LogP contribution < -0.4 is 10.6 Å². The zero-order valence-corrected chi connectivity index (χ0v) is 14.6. The molecule has 0 unspecified atom stereocenters. The van der Waals surface area contributed by atoms with E-state index >= 15 is 0 Å². The Labute approximate surface area is 145 Å². The Balaban J connectivity index is 2.00. The number of hydrogen-bond donors (Lipinski definition) is 2. The Morgan fingerprint density at radius 2 is 1.64 bits per heavy atom. The van der Waals surface area contributed by atoms with Crippen molar-refractivity contribution >= 4 is 23.6 Å². The van der Waals surface area contributed by atoms with Crippen LogP contribution >= 0.6 is 0 Å². The van der Waals surface area contributed by atoms with Gasteiger partial charge in [0.25, 0.3) is 11.8 Å². The van der Waals surface area contributed by atoms with Crippen molar-refractivity contribution in [1.29, 1.82) is 0 Å². The maximum absolute atomic E-state index is 12.1. The number of likely N-dealkylation sites (N-methyl/N-ethyl adjacent to an activating group) is 1. The molecule has 0 saturated heterocycles. The van der Waals surface area contributed by atoms with Gasteiger partial charge in [0.15, 0.2) is 6.61 Å². The minimum atomic E-state index is -0.782. The molecule has 2 N–H and O–H groups in total. The maximum atomic E-state index is 12.1. The van der Waals surface area contributed by atoms with Gasteiger partial charge in [-0.25, -0.2) is 0 Å². The van der Waals surface area contributed by atoms with Crippen molar-refractivity contribution in [2.45, 2.75) is 26.8 Å². The van der Waals surface area contributed by atoms with Gasteiger partial charge in [0.1, 0.15) is 6.04 Å². The summed E-state index contributed by atoms with van der Waals surface area (Å²) in [6, 6.07) is 5.52. The zero-order chi connectivity index (χ0) is 18.8. The van der Waals surface area contributed by atoms with E-state index in [-0.39, 0.29) is 17.0 Å². The van der Waals surface area contributed by atoms with Gasteiger partial charge >= 0.3 is 0 Å². The van der Waals surface area contributed by atoms with Crippen molar-refractivity contribution in [3.8, 4) is 0 Å². The number of carbonyl (C=O) groups is 4. The SMILES string of the molecule is CNC(=O)[C@@H](NC(=O)CON1C(=O)c2ccccc2C1=O)C(C)(C)C. The summed E-state index contributed by atoms with van der Waals surface area (Å²) in [5.74, 6) is -2.19. The molecule has 0 fully saturated rings. The minimum Gasteiger partial charge on any atom is -0.357 e. The van der Waals surface area contributed by atoms with Crippen LogP contribution in [0.5, 0.6) is 0 Å². The van der Waals surface area contributed by atoms with Crippen molar-refractivity contribution < 1.29 is 24.0 Å². The molecule has 1 aromatic rings. The number of imide groups is 1. The summed E-state index contributed by atoms with van der Waals surface area (Å²) in [5.41, 5.74) is -0.0673. The Bertz CT molecular complexity index is 688. The molecule has 1 aromatic carbocycles. The van der Waals surface area contributed by atoms with Crippen LogP contribution in [-0.2, 0) is 14.4 Å². The van der Waals surface area contributed by atoms with Crippen molar-refractivity contribution in [2.75, 3.05) is 13.7 Å². The topological polar surface area (TPSA) is 105 Å². The van der Waals surface area contributed by atoms with Gasteiger partial charge in [0, 0.05) is 7.05 Å². The van der Waals surface area contributed by atoms with Gasteiger partial charge in [0.05, 0.1) is 11.1 Å². The smallest absolute Gasteiger partial charge is 0.285 e. The van der Waals surface area contributed by atoms with E-state index in [1.807, 2.05) is 0 Å². The van der Waals surface area contributed by atoms with Gasteiger partial charge in [-0.15, -0.1) is 5.06 Å². The number of amides is 4. The molecule has 0 aliphatic carbocycles. The van der Waals surface area contributed by atoms with E-state index < -0.39 is 35.8 Å². The van der Waals surface area contributed by atoms with Gasteiger partial charge in [0.2, 0.25) is 11.8 Å². The highest BCUT2D eigenvalue weighted by atomic mass is 16.7. The molecule has 8 nitrogen and oxygen atoms in total. The number of hydroxylamine groups is 2. The molecule has 0 spiro atoms. The van der Waals surface area contributed by atoms with E-state index in [1.165, 1.54) is 19.2 Å². The van der Waals surface area contributed by atoms with Crippen molar-refractivity contribution in [1.82, 2.24) is 15.7 Å². The third-order valence-electron chi connectivity index (χ3n) is 3.76. The summed E-state index contributed by atoms with van der Waals surface area (Å²) in [7, 11) is 1.47. The van der Waals surface area contributed by atoms with Gasteiger partial charge in [-0.1, -0.05) is 32.9 Å². The second-order valence-corrected chi connectivity index (χ2v) is 6.70. The summed E-state index contributed by atoms with van der Waals surface area (Å²) in [6.07, 6.45) is 0. The highest BCUT2D eigenvalue weighted by molar-refractivity contribution is 6.20. The van der Waals surface area contributed by atoms with Crippen LogP contribution in [-0.4, -0.2) is 48.4 Å². The lowest BCUT2D eigenvalue weighted by molar-refractivity contribution is -0.143. The predicted molar refractivity (Wildman–Crippen MR) is 88.3 cm³/mol. The normalized spacial score (nSPS) is 15.0. The number of rotatable bonds is 5. The molecule has 1 aliphatic heterocycles. The second-order valence-electron chi connectivity index (χ2n) is 6.70. The molecule has 0 saturated carbocycles. The van der Waals surface area contributed by atoms with Crippen LogP contribution in [0.15, 0.2) is 24.3 Å². The Kier molecular flexibility index (Phi) is 5.22. The summed E-state index contributed by atoms with van der Waals surface area (Å²) >= 11 is 0. The summed E-state index contributed by atoms with van der Waals surface area (Å²) in [5, 5.41) is 5.61. The standard InChI is InChI=1S/C17H21N3O5/c1-17(2,3)13(14(22)18-4)19-12(21)9-25-20-15(23)10-7-5-6-8-11(10)16(20)24/h5-8,13H,9H2,1-4H3,(H,18,22)(H,19,21)/t13-/m1/s1. The molecular formula is C17H21N3O5. The Morgan fingerprint density at radius 3 is 2.08 bits per heavy atom. The first-order valence-corrected chi connectivity index (χ1v) is 7.78. The van der Waals surface area contributed by atoms with Gasteiger partial charge in [-0.2, -0.15) is 0 Å². The highest BCUT2D eigenvalue weighted by Gasteiger charge is 2.37. The number of nitrogens with zero attached hydrogens (tertiary/aromatic N) is 1. The molecule has 1 atom stereocenters. The van der Waals surface area contributed by atoms with E-state index in [0.717, 1.165) is 0 Å². The second kappa shape index (κ2) is 7.02. The first kappa shape index (κ1) is 18.6. The van der Waals surface area contributed by atoms with Crippen molar-refractivity contribution in [3.05, 3.63) is 35.4 Å². The monoisotopic (exact) mass is 347 g/mol. The number of benzene rings is 1. The average Bonchev–Trinajstić information content (AvgIpc) is 2.80. The van der Waals surface area contributed by atoms with Gasteiger partial charge in [-0.3, -0.25) is 24.0 Å². The quantitative estimate of drug-likeness (QED) is 0.754. The number of carbonyl (C=O) groups excluding carboxylic acids is 4. The van der Waals surface area contributed by atoms with Crippen LogP contribution in [0.2, 0.25) is 0 Å². The molecule has 1 heterocycles. The molecule has 8 heteroatoms. The van der Waals surface area contributed by atoms with Crippen molar-refractivity contribution in [2.24, 2.45) is 5.41 Å². The maximum Gasteiger partial charge on any atom is 0.285 e. The summed E-state index contributed by atoms with van der Waals surface area (Å²) < 4.78 is 0. The van der Waals surface area contributed by atoms with Crippen LogP contribution in [0.25, 0.3) is 0 Å². The highest BCUT2D eigenvalue weighted by Crippen LogP contribution is 2.23. The van der Waals surface area contributed by atoms with E-state index in [4.69, 9.17) is 4.84 Å². The van der Waals surface area contributed by atoms with E-state index in [1.54, 1.807) is 32.9 Å². The predicted octanol–water partition coefficient (Wildman–Crippen LogP) is 0.491. The number of nitrogens with one attached hydrogen (secondary N) is 2. The Morgan fingerprint density at radius 1 is 1.12 bits per heavy atom. The summed E-state index contributed by atoms with van der Waals surface area (Å²) in [4.78, 5) is 53.4. The van der Waals surface area contributed by atoms with Crippen LogP contribution in [0.1, 0.15) is 41.5 Å². The molecule has 2 rings (SSSR count). The molecule has 134 valence electrons. The molecule has 4 amide bonds. The van der Waals surface area contributed by atoms with E-state index in [9.17, 15) is 19.2 Å². The molecule has 0 bridgehead atoms. The fourth-order valence-corrected chi connectivity index (χ4v) is 2.43. The fourth-order valence-electron chi connectivity index (χ4n) is 2.43. The lowest BCUT2D eigenvalue weighted by Gasteiger charge is -2.29. The van der Waals surface area contributed by atoms with Gasteiger partial charge < -0.3 is 10.6 Å². The van der Waals surface area contributed by atoms with Crippen molar-refractivity contribution in [3.63, 3.8) is 0 Å². The lowest BCUT2D eigenvalue weighted by atomic mass is 9.86. The first-order valence-electron chi connectivity index (χ1n) is 7.78. The molecule has 0 radical (unpaired) electrons. The average molecular weight is 347 g/mol. The van der Waals surface area contributed by atoms with Crippen LogP contribution in [0.3, 0.4) is 0 Å². The van der Waals surface area contributed by atoms with Gasteiger partial charge in [-0.05, 0) is 17.5 Å². The van der Waals surface area contributed by atoms with E-state index in [2.05, 4.69) is 10.6 Å². The van der Waals surface area contributed by atoms with E-state index in [0.29, 0.717) is 5.06 Å². The third kappa shape index (κ3) is 3.85. The molecule has 1 aliphatic rings. The molecule has 0 aromatic heterocycles. The van der Waals surface area contributed by atoms with Crippen LogP contribution in [0, 0.1) is 5.41 Å². The Hall–Kier alpha value is -2.74. The zero-order valence-electron chi connectivity index (χ0n) is 14.6. The fraction of sp³-hybridized carbons (Fsp3) is 0.412. The summed E-state index contributed by atoms with van der Waals surface area (Å²) in [6.45, 7) is 4.85.